The van der Waals surface area contributed by atoms with E-state index < -0.39 is 23.7 Å². The maximum atomic E-state index is 13.1. The molecule has 0 spiro atoms. The predicted octanol–water partition coefficient (Wildman–Crippen LogP) is 5.83. The van der Waals surface area contributed by atoms with Crippen LogP contribution in [-0.2, 0) is 22.1 Å². The Morgan fingerprint density at radius 3 is 2.70 bits per heavy atom. The number of anilines is 1. The molecule has 0 atom stereocenters. The summed E-state index contributed by atoms with van der Waals surface area (Å²) in [5, 5.41) is 3.28. The van der Waals surface area contributed by atoms with Crippen LogP contribution in [0.15, 0.2) is 48.7 Å². The van der Waals surface area contributed by atoms with E-state index in [4.69, 9.17) is 16.3 Å². The highest BCUT2D eigenvalue weighted by Crippen LogP contribution is 2.35. The van der Waals surface area contributed by atoms with Crippen LogP contribution in [0.4, 0.5) is 23.7 Å². The molecule has 4 rings (SSSR count). The van der Waals surface area contributed by atoms with E-state index in [1.165, 1.54) is 11.1 Å². The number of aromatic amines is 1. The number of alkyl halides is 3. The Morgan fingerprint density at radius 1 is 1.21 bits per heavy atom. The first kappa shape index (κ1) is 22.7. The van der Waals surface area contributed by atoms with Gasteiger partial charge >= 0.3 is 18.2 Å². The smallest absolute Gasteiger partial charge is 0.416 e. The van der Waals surface area contributed by atoms with Crippen molar-refractivity contribution in [1.82, 2.24) is 9.88 Å². The van der Waals surface area contributed by atoms with Gasteiger partial charge in [-0.3, -0.25) is 4.90 Å². The van der Waals surface area contributed by atoms with Crippen LogP contribution in [0.3, 0.4) is 0 Å². The molecule has 0 radical (unpaired) electrons. The van der Waals surface area contributed by atoms with Crippen molar-refractivity contribution in [2.45, 2.75) is 19.5 Å². The Hall–Kier alpha value is -3.46. The number of nitrogens with one attached hydrogen (secondary N) is 2. The summed E-state index contributed by atoms with van der Waals surface area (Å²) in [6, 6.07) is 9.47. The minimum absolute atomic E-state index is 0.0445. The Morgan fingerprint density at radius 2 is 1.97 bits per heavy atom. The number of amides is 2. The minimum atomic E-state index is -4.59. The van der Waals surface area contributed by atoms with Gasteiger partial charge < -0.3 is 15.0 Å². The number of H-pyrrole nitrogens is 1. The summed E-state index contributed by atoms with van der Waals surface area (Å²) in [7, 11) is 0. The minimum Gasteiger partial charge on any atom is -0.462 e. The number of hydrogen-bond donors (Lipinski definition) is 2. The lowest BCUT2D eigenvalue weighted by molar-refractivity contribution is -0.138. The van der Waals surface area contributed by atoms with Crippen LogP contribution in [0.2, 0.25) is 5.02 Å². The Bertz CT molecular complexity index is 1270. The summed E-state index contributed by atoms with van der Waals surface area (Å²) < 4.78 is 44.4. The second-order valence-corrected chi connectivity index (χ2v) is 7.76. The van der Waals surface area contributed by atoms with Crippen LogP contribution in [0.5, 0.6) is 0 Å². The number of carbonyl (C=O) groups excluding carboxylic acids is 2. The molecule has 3 aromatic rings. The molecule has 2 amide bonds. The average molecular weight is 478 g/mol. The molecule has 0 bridgehead atoms. The highest BCUT2D eigenvalue weighted by atomic mass is 35.5. The van der Waals surface area contributed by atoms with Crippen LogP contribution in [0.25, 0.3) is 16.5 Å². The van der Waals surface area contributed by atoms with Crippen LogP contribution >= 0.6 is 11.6 Å². The number of ether oxygens (including phenoxy) is 1. The van der Waals surface area contributed by atoms with Crippen molar-refractivity contribution < 1.29 is 27.5 Å². The lowest BCUT2D eigenvalue weighted by Gasteiger charge is -2.19. The van der Waals surface area contributed by atoms with Crippen molar-refractivity contribution in [1.29, 1.82) is 0 Å². The molecule has 1 aliphatic heterocycles. The van der Waals surface area contributed by atoms with Crippen LogP contribution in [0, 0.1) is 0 Å². The van der Waals surface area contributed by atoms with Gasteiger partial charge in [0.25, 0.3) is 0 Å². The van der Waals surface area contributed by atoms with E-state index in [9.17, 15) is 22.8 Å². The molecule has 0 aliphatic carbocycles. The van der Waals surface area contributed by atoms with Gasteiger partial charge in [-0.1, -0.05) is 29.8 Å². The first-order valence-corrected chi connectivity index (χ1v) is 10.5. The van der Waals surface area contributed by atoms with Crippen LogP contribution in [-0.4, -0.2) is 35.0 Å². The SMILES string of the molecule is CCOC(=O)C1=CN(C(=O)Nc2cc(C(F)(F)F)ccc2Cl)CCc2c1[nH]c1ccccc21. The molecule has 0 saturated carbocycles. The van der Waals surface area contributed by atoms with Gasteiger partial charge in [0.15, 0.2) is 0 Å². The predicted molar refractivity (Wildman–Crippen MR) is 119 cm³/mol. The number of halogens is 4. The first-order valence-electron chi connectivity index (χ1n) is 10.1. The summed E-state index contributed by atoms with van der Waals surface area (Å²) in [5.41, 5.74) is 1.25. The number of nitrogens with zero attached hydrogens (tertiary/aromatic N) is 1. The van der Waals surface area contributed by atoms with Crippen molar-refractivity contribution in [3.63, 3.8) is 0 Å². The van der Waals surface area contributed by atoms with Crippen molar-refractivity contribution in [2.75, 3.05) is 18.5 Å². The van der Waals surface area contributed by atoms with Gasteiger partial charge in [-0.05, 0) is 43.2 Å². The quantitative estimate of drug-likeness (QED) is 0.466. The van der Waals surface area contributed by atoms with E-state index in [0.29, 0.717) is 12.1 Å². The van der Waals surface area contributed by atoms with E-state index >= 15 is 0 Å². The van der Waals surface area contributed by atoms with E-state index in [2.05, 4.69) is 10.3 Å². The van der Waals surface area contributed by atoms with Gasteiger partial charge in [-0.25, -0.2) is 9.59 Å². The molecule has 2 aromatic carbocycles. The number of aromatic nitrogens is 1. The summed E-state index contributed by atoms with van der Waals surface area (Å²) >= 11 is 6.01. The molecule has 0 unspecified atom stereocenters. The standard InChI is InChI=1S/C23H19ClF3N3O3/c1-2-33-21(31)16-12-30(10-9-15-14-5-3-4-6-18(14)28-20(15)16)22(32)29-19-11-13(23(25,26)27)7-8-17(19)24/h3-8,11-12,28H,2,9-10H2,1H3,(H,29,32). The fraction of sp³-hybridized carbons (Fsp3) is 0.217. The number of carbonyl (C=O) groups is 2. The Balaban J connectivity index is 1.69. The van der Waals surface area contributed by atoms with E-state index in [-0.39, 0.29) is 29.4 Å². The highest BCUT2D eigenvalue weighted by Gasteiger charge is 2.32. The highest BCUT2D eigenvalue weighted by molar-refractivity contribution is 6.33. The first-order chi connectivity index (χ1) is 15.7. The summed E-state index contributed by atoms with van der Waals surface area (Å²) in [6.07, 6.45) is -2.84. The molecule has 1 aliphatic rings. The molecule has 1 aromatic heterocycles. The normalized spacial score (nSPS) is 13.8. The zero-order valence-electron chi connectivity index (χ0n) is 17.4. The number of rotatable bonds is 3. The third-order valence-electron chi connectivity index (χ3n) is 5.26. The van der Waals surface area contributed by atoms with Crippen molar-refractivity contribution >= 4 is 45.8 Å². The van der Waals surface area contributed by atoms with Crippen LogP contribution < -0.4 is 5.32 Å². The van der Waals surface area contributed by atoms with Gasteiger partial charge in [-0.15, -0.1) is 0 Å². The lowest BCUT2D eigenvalue weighted by atomic mass is 10.0. The van der Waals surface area contributed by atoms with Gasteiger partial charge in [0.1, 0.15) is 0 Å². The molecule has 0 saturated heterocycles. The molecule has 10 heteroatoms. The molecule has 172 valence electrons. The van der Waals surface area contributed by atoms with Crippen LogP contribution in [0.1, 0.15) is 23.7 Å². The molecule has 2 heterocycles. The third-order valence-corrected chi connectivity index (χ3v) is 5.59. The fourth-order valence-electron chi connectivity index (χ4n) is 3.71. The summed E-state index contributed by atoms with van der Waals surface area (Å²) in [5.74, 6) is -0.623. The largest absolute Gasteiger partial charge is 0.462 e. The molecule has 2 N–H and O–H groups in total. The number of hydrogen-bond acceptors (Lipinski definition) is 3. The van der Waals surface area contributed by atoms with E-state index in [0.717, 1.165) is 34.7 Å². The maximum absolute atomic E-state index is 13.1. The molecule has 33 heavy (non-hydrogen) atoms. The maximum Gasteiger partial charge on any atom is 0.416 e. The second-order valence-electron chi connectivity index (χ2n) is 7.35. The van der Waals surface area contributed by atoms with Gasteiger partial charge in [0.05, 0.1) is 34.1 Å². The van der Waals surface area contributed by atoms with Crippen molar-refractivity contribution in [3.8, 4) is 0 Å². The van der Waals surface area contributed by atoms with E-state index in [1.54, 1.807) is 6.92 Å². The second kappa shape index (κ2) is 8.82. The molecule has 0 fully saturated rings. The topological polar surface area (TPSA) is 74.4 Å². The monoisotopic (exact) mass is 477 g/mol. The van der Waals surface area contributed by atoms with Crippen molar-refractivity contribution in [2.24, 2.45) is 0 Å². The van der Waals surface area contributed by atoms with Gasteiger partial charge in [0, 0.05) is 23.6 Å². The lowest BCUT2D eigenvalue weighted by Crippen LogP contribution is -2.32. The fourth-order valence-corrected chi connectivity index (χ4v) is 3.88. The Kier molecular flexibility index (Phi) is 6.07. The summed E-state index contributed by atoms with van der Waals surface area (Å²) in [6.45, 7) is 1.99. The summed E-state index contributed by atoms with van der Waals surface area (Å²) in [4.78, 5) is 30.1. The number of para-hydroxylation sites is 1. The number of esters is 1. The zero-order valence-corrected chi connectivity index (χ0v) is 18.2. The van der Waals surface area contributed by atoms with Crippen molar-refractivity contribution in [3.05, 3.63) is 70.5 Å². The molecule has 6 nitrogen and oxygen atoms in total. The number of fused-ring (bicyclic) bond motifs is 3. The average Bonchev–Trinajstić information content (AvgIpc) is 3.01. The zero-order chi connectivity index (χ0) is 23.8. The molecular weight excluding hydrogens is 459 g/mol. The third kappa shape index (κ3) is 4.54. The number of benzene rings is 2. The van der Waals surface area contributed by atoms with Gasteiger partial charge in [-0.2, -0.15) is 13.2 Å². The Labute approximate surface area is 192 Å². The van der Waals surface area contributed by atoms with Gasteiger partial charge in [0.2, 0.25) is 0 Å². The number of urea groups is 1. The van der Waals surface area contributed by atoms with E-state index in [1.807, 2.05) is 24.3 Å². The molecular formula is C23H19ClF3N3O3.